The third kappa shape index (κ3) is 3.20. The number of aliphatic hydroxyl groups is 1. The van der Waals surface area contributed by atoms with Gasteiger partial charge in [0.05, 0.1) is 11.7 Å². The number of halogens is 4. The molecule has 1 atom stereocenters. The molecule has 0 fully saturated rings. The van der Waals surface area contributed by atoms with E-state index in [9.17, 15) is 17.6 Å². The molecule has 0 aliphatic carbocycles. The highest BCUT2D eigenvalue weighted by molar-refractivity contribution is 5.27. The van der Waals surface area contributed by atoms with Gasteiger partial charge in [0.15, 0.2) is 0 Å². The Balaban J connectivity index is 3.06. The minimum absolute atomic E-state index is 0.125. The van der Waals surface area contributed by atoms with Gasteiger partial charge < -0.3 is 5.11 Å². The van der Waals surface area contributed by atoms with Crippen molar-refractivity contribution in [3.05, 3.63) is 35.1 Å². The Labute approximate surface area is 84.3 Å². The Morgan fingerprint density at radius 3 is 2.40 bits per heavy atom. The van der Waals surface area contributed by atoms with Gasteiger partial charge in [-0.1, -0.05) is 0 Å². The van der Waals surface area contributed by atoms with Crippen LogP contribution in [0.4, 0.5) is 17.6 Å². The Hall–Kier alpha value is -1.10. The van der Waals surface area contributed by atoms with Gasteiger partial charge in [0, 0.05) is 6.42 Å². The Bertz CT molecular complexity index is 344. The van der Waals surface area contributed by atoms with Crippen molar-refractivity contribution < 1.29 is 22.7 Å². The lowest BCUT2D eigenvalue weighted by Crippen LogP contribution is -2.10. The highest BCUT2D eigenvalue weighted by atomic mass is 19.4. The molecule has 0 radical (unpaired) electrons. The summed E-state index contributed by atoms with van der Waals surface area (Å²) in [4.78, 5) is 0. The van der Waals surface area contributed by atoms with Crippen LogP contribution in [-0.2, 0) is 12.6 Å². The van der Waals surface area contributed by atoms with Crippen molar-refractivity contribution in [2.24, 2.45) is 0 Å². The van der Waals surface area contributed by atoms with Crippen LogP contribution in [0.5, 0.6) is 0 Å². The molecule has 1 rings (SSSR count). The summed E-state index contributed by atoms with van der Waals surface area (Å²) in [5.74, 6) is -0.732. The van der Waals surface area contributed by atoms with E-state index in [0.29, 0.717) is 6.07 Å². The molecule has 1 aromatic rings. The van der Waals surface area contributed by atoms with Crippen LogP contribution in [0.25, 0.3) is 0 Å². The average Bonchev–Trinajstić information content (AvgIpc) is 2.06. The second-order valence-corrected chi connectivity index (χ2v) is 3.36. The predicted molar refractivity (Wildman–Crippen MR) is 46.8 cm³/mol. The first-order valence-corrected chi connectivity index (χ1v) is 4.34. The summed E-state index contributed by atoms with van der Waals surface area (Å²) in [7, 11) is 0. The molecule has 1 nitrogen and oxygen atoms in total. The van der Waals surface area contributed by atoms with Gasteiger partial charge in [-0.2, -0.15) is 13.2 Å². The molecule has 0 aliphatic rings. The Kier molecular flexibility index (Phi) is 3.34. The van der Waals surface area contributed by atoms with Gasteiger partial charge in [0.2, 0.25) is 0 Å². The van der Waals surface area contributed by atoms with Crippen LogP contribution in [-0.4, -0.2) is 11.2 Å². The summed E-state index contributed by atoms with van der Waals surface area (Å²) in [6, 6.07) is 2.17. The van der Waals surface area contributed by atoms with E-state index in [1.165, 1.54) is 6.92 Å². The summed E-state index contributed by atoms with van der Waals surface area (Å²) >= 11 is 0. The van der Waals surface area contributed by atoms with Crippen molar-refractivity contribution in [3.63, 3.8) is 0 Å². The molecule has 0 heterocycles. The van der Waals surface area contributed by atoms with Gasteiger partial charge in [-0.25, -0.2) is 4.39 Å². The summed E-state index contributed by atoms with van der Waals surface area (Å²) in [5.41, 5.74) is -1.03. The number of aliphatic hydroxyl groups excluding tert-OH is 1. The quantitative estimate of drug-likeness (QED) is 0.763. The van der Waals surface area contributed by atoms with Crippen LogP contribution in [0.2, 0.25) is 0 Å². The van der Waals surface area contributed by atoms with E-state index in [4.69, 9.17) is 5.11 Å². The van der Waals surface area contributed by atoms with Crippen molar-refractivity contribution in [2.45, 2.75) is 25.6 Å². The van der Waals surface area contributed by atoms with Gasteiger partial charge in [-0.3, -0.25) is 0 Å². The summed E-state index contributed by atoms with van der Waals surface area (Å²) in [5, 5.41) is 8.98. The number of rotatable bonds is 2. The van der Waals surface area contributed by atoms with Crippen molar-refractivity contribution >= 4 is 0 Å². The predicted octanol–water partition coefficient (Wildman–Crippen LogP) is 2.77. The molecule has 5 heteroatoms. The number of hydrogen-bond donors (Lipinski definition) is 1. The largest absolute Gasteiger partial charge is 0.416 e. The number of hydrogen-bond acceptors (Lipinski definition) is 1. The van der Waals surface area contributed by atoms with E-state index < -0.39 is 23.7 Å². The molecule has 1 N–H and O–H groups in total. The van der Waals surface area contributed by atoms with E-state index >= 15 is 0 Å². The maximum Gasteiger partial charge on any atom is 0.416 e. The van der Waals surface area contributed by atoms with Crippen molar-refractivity contribution in [1.82, 2.24) is 0 Å². The molecule has 1 aromatic carbocycles. The summed E-state index contributed by atoms with van der Waals surface area (Å²) in [6.07, 6.45) is -5.49. The fraction of sp³-hybridized carbons (Fsp3) is 0.400. The summed E-state index contributed by atoms with van der Waals surface area (Å²) < 4.78 is 49.8. The van der Waals surface area contributed by atoms with E-state index in [-0.39, 0.29) is 12.0 Å². The zero-order chi connectivity index (χ0) is 11.6. The van der Waals surface area contributed by atoms with E-state index in [0.717, 1.165) is 12.1 Å². The molecule has 0 saturated carbocycles. The second-order valence-electron chi connectivity index (χ2n) is 3.36. The van der Waals surface area contributed by atoms with Crippen molar-refractivity contribution in [1.29, 1.82) is 0 Å². The smallest absolute Gasteiger partial charge is 0.393 e. The van der Waals surface area contributed by atoms with Crippen LogP contribution >= 0.6 is 0 Å². The fourth-order valence-corrected chi connectivity index (χ4v) is 1.23. The first-order valence-electron chi connectivity index (χ1n) is 4.34. The molecule has 0 bridgehead atoms. The lowest BCUT2D eigenvalue weighted by Gasteiger charge is -2.10. The van der Waals surface area contributed by atoms with Crippen LogP contribution in [0.3, 0.4) is 0 Å². The molecule has 15 heavy (non-hydrogen) atoms. The molecule has 84 valence electrons. The topological polar surface area (TPSA) is 20.2 Å². The van der Waals surface area contributed by atoms with Gasteiger partial charge in [-0.05, 0) is 30.7 Å². The molecular weight excluding hydrogens is 212 g/mol. The van der Waals surface area contributed by atoms with Crippen LogP contribution in [0.1, 0.15) is 18.1 Å². The zero-order valence-electron chi connectivity index (χ0n) is 7.98. The second kappa shape index (κ2) is 4.18. The Morgan fingerprint density at radius 2 is 1.93 bits per heavy atom. The highest BCUT2D eigenvalue weighted by Gasteiger charge is 2.31. The van der Waals surface area contributed by atoms with E-state index in [1.54, 1.807) is 0 Å². The summed E-state index contributed by atoms with van der Waals surface area (Å²) in [6.45, 7) is 1.39. The van der Waals surface area contributed by atoms with Gasteiger partial charge in [-0.15, -0.1) is 0 Å². The maximum atomic E-state index is 13.0. The van der Waals surface area contributed by atoms with E-state index in [2.05, 4.69) is 0 Å². The maximum absolute atomic E-state index is 13.0. The molecule has 0 aliphatic heterocycles. The van der Waals surface area contributed by atoms with E-state index in [1.807, 2.05) is 0 Å². The molecule has 0 unspecified atom stereocenters. The monoisotopic (exact) mass is 222 g/mol. The van der Waals surface area contributed by atoms with Gasteiger partial charge in [0.1, 0.15) is 5.82 Å². The molecule has 0 aromatic heterocycles. The highest BCUT2D eigenvalue weighted by Crippen LogP contribution is 2.30. The van der Waals surface area contributed by atoms with Crippen molar-refractivity contribution in [2.75, 3.05) is 0 Å². The lowest BCUT2D eigenvalue weighted by molar-refractivity contribution is -0.137. The van der Waals surface area contributed by atoms with Gasteiger partial charge >= 0.3 is 6.18 Å². The minimum Gasteiger partial charge on any atom is -0.393 e. The molecular formula is C10H10F4O. The lowest BCUT2D eigenvalue weighted by atomic mass is 10.0. The molecule has 0 saturated heterocycles. The Morgan fingerprint density at radius 1 is 1.33 bits per heavy atom. The van der Waals surface area contributed by atoms with Crippen LogP contribution in [0, 0.1) is 5.82 Å². The molecule has 0 spiro atoms. The average molecular weight is 222 g/mol. The number of alkyl halides is 3. The third-order valence-electron chi connectivity index (χ3n) is 1.89. The third-order valence-corrected chi connectivity index (χ3v) is 1.89. The standard InChI is InChI=1S/C10H10F4O/c1-6(15)4-7-5-8(10(12,13)14)2-3-9(7)11/h2-3,5-6,15H,4H2,1H3/t6-/m0/s1. The number of benzene rings is 1. The first kappa shape index (κ1) is 12.0. The van der Waals surface area contributed by atoms with Gasteiger partial charge in [0.25, 0.3) is 0 Å². The SMILES string of the molecule is C[C@H](O)Cc1cc(C(F)(F)F)ccc1F. The zero-order valence-corrected chi connectivity index (χ0v) is 7.98. The minimum atomic E-state index is -4.48. The van der Waals surface area contributed by atoms with Crippen LogP contribution < -0.4 is 0 Å². The van der Waals surface area contributed by atoms with Crippen molar-refractivity contribution in [3.8, 4) is 0 Å². The fourth-order valence-electron chi connectivity index (χ4n) is 1.23. The first-order chi connectivity index (χ1) is 6.80. The molecule has 0 amide bonds. The van der Waals surface area contributed by atoms with Crippen LogP contribution in [0.15, 0.2) is 18.2 Å². The normalized spacial score (nSPS) is 14.0.